The van der Waals surface area contributed by atoms with E-state index in [1.165, 1.54) is 18.2 Å². The molecule has 1 atom stereocenters. The monoisotopic (exact) mass is 587 g/mol. The number of anilines is 1. The molecule has 1 heterocycles. The van der Waals surface area contributed by atoms with Crippen LogP contribution in [0.2, 0.25) is 10.0 Å². The number of carboxylic acid groups (broad SMARTS) is 1. The number of imidazole rings is 1. The number of aryl methyl sites for hydroxylation is 2. The highest BCUT2D eigenvalue weighted by Gasteiger charge is 2.16. The van der Waals surface area contributed by atoms with Gasteiger partial charge >= 0.3 is 5.97 Å². The zero-order valence-corrected chi connectivity index (χ0v) is 23.6. The van der Waals surface area contributed by atoms with Gasteiger partial charge in [-0.15, -0.1) is 0 Å². The first kappa shape index (κ1) is 28.5. The zero-order chi connectivity index (χ0) is 28.2. The summed E-state index contributed by atoms with van der Waals surface area (Å²) in [6, 6.07) is 17.2. The van der Waals surface area contributed by atoms with Crippen molar-refractivity contribution < 1.29 is 23.1 Å². The lowest BCUT2D eigenvalue weighted by atomic mass is 9.98. The van der Waals surface area contributed by atoms with Gasteiger partial charge in [-0.25, -0.2) is 18.2 Å². The molecule has 0 amide bonds. The summed E-state index contributed by atoms with van der Waals surface area (Å²) in [4.78, 5) is 19.5. The molecule has 0 aliphatic heterocycles. The van der Waals surface area contributed by atoms with Crippen molar-refractivity contribution >= 4 is 44.9 Å². The Morgan fingerprint density at radius 2 is 1.77 bits per heavy atom. The number of H-pyrrole nitrogens is 1. The molecule has 11 heteroatoms. The van der Waals surface area contributed by atoms with Crippen LogP contribution in [-0.4, -0.2) is 35.7 Å². The lowest BCUT2D eigenvalue weighted by Gasteiger charge is -2.12. The number of benzene rings is 3. The minimum Gasteiger partial charge on any atom is -0.478 e. The highest BCUT2D eigenvalue weighted by molar-refractivity contribution is 7.92. The molecule has 39 heavy (non-hydrogen) atoms. The van der Waals surface area contributed by atoms with Gasteiger partial charge in [-0.05, 0) is 66.4 Å². The number of sulfonamides is 1. The summed E-state index contributed by atoms with van der Waals surface area (Å²) in [5.41, 5.74) is 2.86. The number of hydrogen-bond donors (Lipinski definition) is 3. The van der Waals surface area contributed by atoms with Crippen LogP contribution in [-0.2, 0) is 22.9 Å². The van der Waals surface area contributed by atoms with Crippen molar-refractivity contribution in [3.63, 3.8) is 0 Å². The molecule has 0 fully saturated rings. The molecular weight excluding hydrogens is 561 g/mol. The number of aromatic nitrogens is 2. The Balaban J connectivity index is 1.32. The standard InChI is InChI=1S/C28H27Cl2N3O5S/c1-17(22-12-8-19(29)14-24(22)30)26-16-31-27(32-26)5-3-4-18-6-9-20(10-7-18)38-21-11-13-25(33-39(2,36)37)23(15-21)28(34)35/h6-17,33H,3-5H2,1-2H3,(H,31,32)(H,34,35). The molecule has 1 unspecified atom stereocenters. The van der Waals surface area contributed by atoms with Crippen molar-refractivity contribution in [3.8, 4) is 11.5 Å². The minimum atomic E-state index is -3.62. The number of nitrogens with zero attached hydrogens (tertiary/aromatic N) is 1. The van der Waals surface area contributed by atoms with Crippen LogP contribution < -0.4 is 9.46 Å². The molecule has 3 N–H and O–H groups in total. The molecule has 8 nitrogen and oxygen atoms in total. The molecule has 4 aromatic rings. The normalized spacial score (nSPS) is 12.2. The van der Waals surface area contributed by atoms with Crippen LogP contribution in [0, 0.1) is 0 Å². The van der Waals surface area contributed by atoms with Gasteiger partial charge in [0, 0.05) is 34.3 Å². The van der Waals surface area contributed by atoms with Gasteiger partial charge in [-0.2, -0.15) is 0 Å². The van der Waals surface area contributed by atoms with Crippen LogP contribution in [0.5, 0.6) is 11.5 Å². The van der Waals surface area contributed by atoms with Gasteiger partial charge in [0.25, 0.3) is 0 Å². The zero-order valence-electron chi connectivity index (χ0n) is 21.2. The second-order valence-electron chi connectivity index (χ2n) is 9.16. The van der Waals surface area contributed by atoms with Crippen LogP contribution in [0.3, 0.4) is 0 Å². The van der Waals surface area contributed by atoms with Crippen LogP contribution in [0.4, 0.5) is 5.69 Å². The molecule has 0 spiro atoms. The fourth-order valence-corrected chi connectivity index (χ4v) is 5.27. The van der Waals surface area contributed by atoms with Gasteiger partial charge in [0.15, 0.2) is 0 Å². The molecule has 0 radical (unpaired) electrons. The molecule has 0 saturated heterocycles. The third kappa shape index (κ3) is 7.75. The van der Waals surface area contributed by atoms with E-state index in [2.05, 4.69) is 21.6 Å². The van der Waals surface area contributed by atoms with Gasteiger partial charge in [0.1, 0.15) is 17.3 Å². The molecule has 4 rings (SSSR count). The predicted octanol–water partition coefficient (Wildman–Crippen LogP) is 6.91. The van der Waals surface area contributed by atoms with Crippen LogP contribution in [0.15, 0.2) is 66.9 Å². The maximum Gasteiger partial charge on any atom is 0.337 e. The maximum absolute atomic E-state index is 11.6. The highest BCUT2D eigenvalue weighted by Crippen LogP contribution is 2.31. The highest BCUT2D eigenvalue weighted by atomic mass is 35.5. The Hall–Kier alpha value is -3.53. The fourth-order valence-electron chi connectivity index (χ4n) is 4.12. The summed E-state index contributed by atoms with van der Waals surface area (Å²) in [6.45, 7) is 2.07. The van der Waals surface area contributed by atoms with Gasteiger partial charge in [0.2, 0.25) is 10.0 Å². The number of halogens is 2. The van der Waals surface area contributed by atoms with E-state index in [0.717, 1.165) is 48.2 Å². The van der Waals surface area contributed by atoms with Gasteiger partial charge in [-0.1, -0.05) is 48.3 Å². The molecule has 3 aromatic carbocycles. The number of carbonyl (C=O) groups is 1. The summed E-state index contributed by atoms with van der Waals surface area (Å²) in [5.74, 6) is 0.507. The molecule has 1 aromatic heterocycles. The molecule has 0 saturated carbocycles. The fraction of sp³-hybridized carbons (Fsp3) is 0.214. The minimum absolute atomic E-state index is 0.0281. The van der Waals surface area contributed by atoms with Crippen molar-refractivity contribution in [2.75, 3.05) is 11.0 Å². The summed E-state index contributed by atoms with van der Waals surface area (Å²) >= 11 is 12.4. The van der Waals surface area contributed by atoms with Crippen molar-refractivity contribution in [3.05, 3.63) is 105 Å². The van der Waals surface area contributed by atoms with E-state index < -0.39 is 16.0 Å². The Morgan fingerprint density at radius 1 is 1.05 bits per heavy atom. The van der Waals surface area contributed by atoms with E-state index in [9.17, 15) is 18.3 Å². The van der Waals surface area contributed by atoms with Gasteiger partial charge in [0.05, 0.1) is 17.5 Å². The SMILES string of the molecule is CC(c1cnc(CCCc2ccc(Oc3ccc(NS(C)(=O)=O)c(C(=O)O)c3)cc2)[nH]1)c1ccc(Cl)cc1Cl. The number of carboxylic acids is 1. The number of aromatic amines is 1. The Bertz CT molecular complexity index is 1590. The maximum atomic E-state index is 11.6. The third-order valence-electron chi connectivity index (χ3n) is 6.10. The summed E-state index contributed by atoms with van der Waals surface area (Å²) in [5, 5.41) is 10.7. The summed E-state index contributed by atoms with van der Waals surface area (Å²) in [6.07, 6.45) is 5.31. The Morgan fingerprint density at radius 3 is 2.44 bits per heavy atom. The second-order valence-corrected chi connectivity index (χ2v) is 11.8. The van der Waals surface area contributed by atoms with E-state index in [-0.39, 0.29) is 22.9 Å². The van der Waals surface area contributed by atoms with Crippen LogP contribution in [0.1, 0.15) is 52.3 Å². The lowest BCUT2D eigenvalue weighted by Crippen LogP contribution is -2.13. The van der Waals surface area contributed by atoms with E-state index in [4.69, 9.17) is 27.9 Å². The third-order valence-corrected chi connectivity index (χ3v) is 7.25. The average Bonchev–Trinajstić information content (AvgIpc) is 3.34. The van der Waals surface area contributed by atoms with E-state index >= 15 is 0 Å². The summed E-state index contributed by atoms with van der Waals surface area (Å²) in [7, 11) is -3.62. The largest absolute Gasteiger partial charge is 0.478 e. The number of aromatic carboxylic acids is 1. The number of hydrogen-bond acceptors (Lipinski definition) is 5. The van der Waals surface area contributed by atoms with Crippen molar-refractivity contribution in [1.82, 2.24) is 9.97 Å². The average molecular weight is 589 g/mol. The van der Waals surface area contributed by atoms with Crippen LogP contribution in [0.25, 0.3) is 0 Å². The molecule has 204 valence electrons. The second kappa shape index (κ2) is 12.1. The molecule has 0 aliphatic rings. The van der Waals surface area contributed by atoms with E-state index in [1.807, 2.05) is 30.5 Å². The molecule has 0 bridgehead atoms. The summed E-state index contributed by atoms with van der Waals surface area (Å²) < 4.78 is 31.0. The lowest BCUT2D eigenvalue weighted by molar-refractivity contribution is 0.0697. The smallest absolute Gasteiger partial charge is 0.337 e. The van der Waals surface area contributed by atoms with Gasteiger partial charge in [-0.3, -0.25) is 4.72 Å². The predicted molar refractivity (Wildman–Crippen MR) is 153 cm³/mol. The quantitative estimate of drug-likeness (QED) is 0.175. The molecular formula is C28H27Cl2N3O5S. The van der Waals surface area contributed by atoms with Crippen molar-refractivity contribution in [1.29, 1.82) is 0 Å². The first-order valence-electron chi connectivity index (χ1n) is 12.1. The number of rotatable bonds is 11. The molecule has 0 aliphatic carbocycles. The van der Waals surface area contributed by atoms with Gasteiger partial charge < -0.3 is 14.8 Å². The number of ether oxygens (including phenoxy) is 1. The van der Waals surface area contributed by atoms with Crippen LogP contribution >= 0.6 is 23.2 Å². The Labute approximate surface area is 237 Å². The van der Waals surface area contributed by atoms with E-state index in [0.29, 0.717) is 15.8 Å². The van der Waals surface area contributed by atoms with Crippen molar-refractivity contribution in [2.24, 2.45) is 0 Å². The Kier molecular flexibility index (Phi) is 8.84. The topological polar surface area (TPSA) is 121 Å². The number of nitrogens with one attached hydrogen (secondary N) is 2. The van der Waals surface area contributed by atoms with E-state index in [1.54, 1.807) is 18.2 Å². The first-order chi connectivity index (χ1) is 18.5. The first-order valence-corrected chi connectivity index (χ1v) is 14.7. The van der Waals surface area contributed by atoms with Crippen molar-refractivity contribution in [2.45, 2.75) is 32.1 Å².